The molecule has 3 aromatic rings. The predicted octanol–water partition coefficient (Wildman–Crippen LogP) is 2.79. The summed E-state index contributed by atoms with van der Waals surface area (Å²) in [6.45, 7) is 6.08. The van der Waals surface area contributed by atoms with Crippen molar-refractivity contribution in [3.05, 3.63) is 59.0 Å². The summed E-state index contributed by atoms with van der Waals surface area (Å²) < 4.78 is 35.2. The summed E-state index contributed by atoms with van der Waals surface area (Å²) >= 11 is 0. The first-order valence-electron chi connectivity index (χ1n) is 8.39. The highest BCUT2D eigenvalue weighted by molar-refractivity contribution is 7.89. The molecular weight excluding hydrogens is 350 g/mol. The van der Waals surface area contributed by atoms with E-state index in [9.17, 15) is 8.42 Å². The van der Waals surface area contributed by atoms with E-state index in [2.05, 4.69) is 9.71 Å². The number of aromatic nitrogens is 2. The Balaban J connectivity index is 1.75. The predicted molar refractivity (Wildman–Crippen MR) is 101 cm³/mol. The number of ether oxygens (including phenoxy) is 1. The summed E-state index contributed by atoms with van der Waals surface area (Å²) in [5.41, 5.74) is 4.73. The van der Waals surface area contributed by atoms with Gasteiger partial charge in [0.15, 0.2) is 0 Å². The van der Waals surface area contributed by atoms with E-state index in [-0.39, 0.29) is 11.4 Å². The van der Waals surface area contributed by atoms with Gasteiger partial charge in [-0.15, -0.1) is 0 Å². The summed E-state index contributed by atoms with van der Waals surface area (Å²) in [7, 11) is -2.18. The first-order valence-corrected chi connectivity index (χ1v) is 9.87. The van der Waals surface area contributed by atoms with Crippen LogP contribution in [-0.2, 0) is 16.4 Å². The Morgan fingerprint density at radius 2 is 1.88 bits per heavy atom. The number of hydrogen-bond acceptors (Lipinski definition) is 4. The van der Waals surface area contributed by atoms with Crippen molar-refractivity contribution in [3.8, 4) is 5.75 Å². The van der Waals surface area contributed by atoms with E-state index in [1.54, 1.807) is 12.1 Å². The molecule has 0 atom stereocenters. The molecule has 0 saturated carbocycles. The van der Waals surface area contributed by atoms with Crippen molar-refractivity contribution in [2.24, 2.45) is 0 Å². The average molecular weight is 373 g/mol. The number of nitrogens with zero attached hydrogens (tertiary/aromatic N) is 2. The average Bonchev–Trinajstić information content (AvgIpc) is 2.98. The van der Waals surface area contributed by atoms with Crippen LogP contribution < -0.4 is 9.46 Å². The largest absolute Gasteiger partial charge is 0.495 e. The molecule has 2 heterocycles. The third-order valence-electron chi connectivity index (χ3n) is 4.41. The zero-order chi connectivity index (χ0) is 18.9. The number of benzene rings is 1. The number of hydrogen-bond donors (Lipinski definition) is 1. The molecule has 138 valence electrons. The van der Waals surface area contributed by atoms with Gasteiger partial charge < -0.3 is 9.14 Å². The van der Waals surface area contributed by atoms with Crippen molar-refractivity contribution < 1.29 is 13.2 Å². The number of methoxy groups -OCH3 is 1. The maximum atomic E-state index is 12.7. The van der Waals surface area contributed by atoms with Crippen LogP contribution in [0.2, 0.25) is 0 Å². The van der Waals surface area contributed by atoms with Crippen LogP contribution in [0.5, 0.6) is 5.75 Å². The molecule has 0 aliphatic carbocycles. The molecule has 0 unspecified atom stereocenters. The highest BCUT2D eigenvalue weighted by Gasteiger charge is 2.20. The third kappa shape index (κ3) is 3.73. The highest BCUT2D eigenvalue weighted by Crippen LogP contribution is 2.27. The Hall–Kier alpha value is -2.38. The van der Waals surface area contributed by atoms with Gasteiger partial charge in [0, 0.05) is 25.4 Å². The summed E-state index contributed by atoms with van der Waals surface area (Å²) in [6, 6.07) is 7.39. The molecule has 1 N–H and O–H groups in total. The SMILES string of the molecule is COc1cc(C)c(C)cc1S(=O)(=O)NCCc1cn2ccc(C)cc2n1. The van der Waals surface area contributed by atoms with Crippen molar-refractivity contribution >= 4 is 15.7 Å². The molecule has 0 amide bonds. The van der Waals surface area contributed by atoms with Crippen LogP contribution >= 0.6 is 0 Å². The van der Waals surface area contributed by atoms with Gasteiger partial charge >= 0.3 is 0 Å². The van der Waals surface area contributed by atoms with Gasteiger partial charge in [0.2, 0.25) is 10.0 Å². The zero-order valence-electron chi connectivity index (χ0n) is 15.4. The molecule has 0 bridgehead atoms. The van der Waals surface area contributed by atoms with Gasteiger partial charge in [0.05, 0.1) is 12.8 Å². The first kappa shape index (κ1) is 18.4. The van der Waals surface area contributed by atoms with E-state index >= 15 is 0 Å². The molecule has 2 aromatic heterocycles. The topological polar surface area (TPSA) is 72.7 Å². The second-order valence-electron chi connectivity index (χ2n) is 6.44. The second kappa shape index (κ2) is 7.09. The van der Waals surface area contributed by atoms with Gasteiger partial charge in [0.1, 0.15) is 16.3 Å². The van der Waals surface area contributed by atoms with Crippen molar-refractivity contribution in [2.45, 2.75) is 32.1 Å². The molecule has 3 rings (SSSR count). The van der Waals surface area contributed by atoms with Gasteiger partial charge in [-0.1, -0.05) is 0 Å². The van der Waals surface area contributed by atoms with Crippen LogP contribution in [0.1, 0.15) is 22.4 Å². The van der Waals surface area contributed by atoms with Gasteiger partial charge in [0.25, 0.3) is 0 Å². The lowest BCUT2D eigenvalue weighted by Crippen LogP contribution is -2.26. The minimum absolute atomic E-state index is 0.161. The summed E-state index contributed by atoms with van der Waals surface area (Å²) in [5, 5.41) is 0. The molecule has 0 fully saturated rings. The number of pyridine rings is 1. The van der Waals surface area contributed by atoms with Crippen molar-refractivity contribution in [2.75, 3.05) is 13.7 Å². The number of imidazole rings is 1. The van der Waals surface area contributed by atoms with Crippen molar-refractivity contribution in [1.29, 1.82) is 0 Å². The molecule has 6 nitrogen and oxygen atoms in total. The van der Waals surface area contributed by atoms with Crippen LogP contribution in [-0.4, -0.2) is 31.5 Å². The van der Waals surface area contributed by atoms with Crippen LogP contribution in [0, 0.1) is 20.8 Å². The maximum absolute atomic E-state index is 12.7. The molecule has 26 heavy (non-hydrogen) atoms. The Morgan fingerprint density at radius 1 is 1.15 bits per heavy atom. The van der Waals surface area contributed by atoms with E-state index < -0.39 is 10.0 Å². The number of sulfonamides is 1. The van der Waals surface area contributed by atoms with E-state index in [0.717, 1.165) is 28.0 Å². The molecule has 0 aliphatic rings. The smallest absolute Gasteiger partial charge is 0.244 e. The fourth-order valence-electron chi connectivity index (χ4n) is 2.78. The molecule has 0 radical (unpaired) electrons. The third-order valence-corrected chi connectivity index (χ3v) is 5.89. The van der Waals surface area contributed by atoms with Gasteiger partial charge in [-0.3, -0.25) is 0 Å². The number of fused-ring (bicyclic) bond motifs is 1. The van der Waals surface area contributed by atoms with Crippen LogP contribution in [0.25, 0.3) is 5.65 Å². The van der Waals surface area contributed by atoms with Gasteiger partial charge in [-0.25, -0.2) is 18.1 Å². The molecule has 0 saturated heterocycles. The number of rotatable bonds is 6. The van der Waals surface area contributed by atoms with Crippen LogP contribution in [0.4, 0.5) is 0 Å². The van der Waals surface area contributed by atoms with E-state index in [4.69, 9.17) is 4.74 Å². The summed E-state index contributed by atoms with van der Waals surface area (Å²) in [4.78, 5) is 4.69. The van der Waals surface area contributed by atoms with Crippen molar-refractivity contribution in [1.82, 2.24) is 14.1 Å². The summed E-state index contributed by atoms with van der Waals surface area (Å²) in [5.74, 6) is 0.351. The lowest BCUT2D eigenvalue weighted by Gasteiger charge is -2.13. The molecule has 0 aliphatic heterocycles. The van der Waals surface area contributed by atoms with Gasteiger partial charge in [-0.05, 0) is 61.7 Å². The molecule has 1 aromatic carbocycles. The van der Waals surface area contributed by atoms with Crippen LogP contribution in [0.15, 0.2) is 41.6 Å². The fraction of sp³-hybridized carbons (Fsp3) is 0.316. The van der Waals surface area contributed by atoms with Crippen molar-refractivity contribution in [3.63, 3.8) is 0 Å². The Labute approximate surface area is 153 Å². The Kier molecular flexibility index (Phi) is 5.02. The molecular formula is C19H23N3O3S. The molecule has 7 heteroatoms. The van der Waals surface area contributed by atoms with E-state index in [0.29, 0.717) is 12.2 Å². The summed E-state index contributed by atoms with van der Waals surface area (Å²) in [6.07, 6.45) is 4.37. The Bertz CT molecular complexity index is 1060. The number of aryl methyl sites for hydroxylation is 3. The minimum Gasteiger partial charge on any atom is -0.495 e. The minimum atomic E-state index is -3.66. The number of nitrogens with one attached hydrogen (secondary N) is 1. The van der Waals surface area contributed by atoms with Gasteiger partial charge in [-0.2, -0.15) is 0 Å². The lowest BCUT2D eigenvalue weighted by atomic mass is 10.1. The monoisotopic (exact) mass is 373 g/mol. The molecule has 0 spiro atoms. The lowest BCUT2D eigenvalue weighted by molar-refractivity contribution is 0.402. The zero-order valence-corrected chi connectivity index (χ0v) is 16.2. The first-order chi connectivity index (χ1) is 12.3. The van der Waals surface area contributed by atoms with E-state index in [1.165, 1.54) is 7.11 Å². The Morgan fingerprint density at radius 3 is 2.62 bits per heavy atom. The van der Waals surface area contributed by atoms with E-state index in [1.807, 2.05) is 49.7 Å². The van der Waals surface area contributed by atoms with Crippen LogP contribution in [0.3, 0.4) is 0 Å². The highest BCUT2D eigenvalue weighted by atomic mass is 32.2. The standard InChI is InChI=1S/C19H23N3O3S/c1-13-6-8-22-12-16(21-19(22)9-13)5-7-20-26(23,24)18-11-15(3)14(2)10-17(18)25-4/h6,8-12,20H,5,7H2,1-4H3. The normalized spacial score (nSPS) is 11.8. The fourth-order valence-corrected chi connectivity index (χ4v) is 4.05. The maximum Gasteiger partial charge on any atom is 0.244 e. The quantitative estimate of drug-likeness (QED) is 0.721. The second-order valence-corrected chi connectivity index (χ2v) is 8.17.